The summed E-state index contributed by atoms with van der Waals surface area (Å²) < 4.78 is 0. The van der Waals surface area contributed by atoms with Gasteiger partial charge in [0, 0.05) is 11.8 Å². The third-order valence-corrected chi connectivity index (χ3v) is 6.14. The van der Waals surface area contributed by atoms with Crippen molar-refractivity contribution in [3.05, 3.63) is 24.3 Å². The van der Waals surface area contributed by atoms with Gasteiger partial charge < -0.3 is 0 Å². The fourth-order valence-electron chi connectivity index (χ4n) is 5.79. The Kier molecular flexibility index (Phi) is 1.22. The molecule has 4 bridgehead atoms. The summed E-state index contributed by atoms with van der Waals surface area (Å²) in [5.74, 6) is 5.69. The SMILES string of the molecule is O=C1[C@@H]2[C@H]([C@H]3[C@H]1[C@H]1C=C[C@H]3C1)[C@H]1C=C[C@H]2C1. The minimum atomic E-state index is 0.426. The molecule has 8 atom stereocenters. The van der Waals surface area contributed by atoms with E-state index in [1.807, 2.05) is 0 Å². The Morgan fingerprint density at radius 2 is 1.19 bits per heavy atom. The zero-order valence-electron chi connectivity index (χ0n) is 9.25. The summed E-state index contributed by atoms with van der Waals surface area (Å²) >= 11 is 0. The average Bonchev–Trinajstić information content (AvgIpc) is 2.98. The highest BCUT2D eigenvalue weighted by molar-refractivity contribution is 5.89. The van der Waals surface area contributed by atoms with Crippen LogP contribution in [-0.4, -0.2) is 5.78 Å². The maximum atomic E-state index is 12.6. The van der Waals surface area contributed by atoms with Gasteiger partial charge in [-0.05, 0) is 48.3 Å². The molecule has 0 aliphatic heterocycles. The van der Waals surface area contributed by atoms with Crippen molar-refractivity contribution < 1.29 is 4.79 Å². The Morgan fingerprint density at radius 1 is 0.750 bits per heavy atom. The molecule has 3 saturated carbocycles. The molecular weight excluding hydrogens is 196 g/mol. The van der Waals surface area contributed by atoms with Crippen molar-refractivity contribution in [1.82, 2.24) is 0 Å². The number of carbonyl (C=O) groups excluding carboxylic acids is 1. The molecule has 5 rings (SSSR count). The molecule has 1 heteroatoms. The molecule has 1 nitrogen and oxygen atoms in total. The number of hydrogen-bond donors (Lipinski definition) is 0. The molecule has 0 radical (unpaired) electrons. The van der Waals surface area contributed by atoms with Gasteiger partial charge in [-0.15, -0.1) is 0 Å². The first-order valence-corrected chi connectivity index (χ1v) is 6.75. The lowest BCUT2D eigenvalue weighted by molar-refractivity contribution is -0.125. The second kappa shape index (κ2) is 2.37. The summed E-state index contributed by atoms with van der Waals surface area (Å²) in [5, 5.41) is 0. The summed E-state index contributed by atoms with van der Waals surface area (Å²) in [7, 11) is 0. The quantitative estimate of drug-likeness (QED) is 0.564. The van der Waals surface area contributed by atoms with Crippen molar-refractivity contribution in [2.45, 2.75) is 12.8 Å². The van der Waals surface area contributed by atoms with Crippen molar-refractivity contribution in [3.63, 3.8) is 0 Å². The normalized spacial score (nSPS) is 63.4. The monoisotopic (exact) mass is 212 g/mol. The molecule has 0 aromatic carbocycles. The number of fused-ring (bicyclic) bond motifs is 11. The summed E-state index contributed by atoms with van der Waals surface area (Å²) in [6, 6.07) is 0. The number of Topliss-reactive ketones (excluding diaryl/α,β-unsaturated/α-hetero) is 1. The van der Waals surface area contributed by atoms with Crippen LogP contribution in [0.3, 0.4) is 0 Å². The lowest BCUT2D eigenvalue weighted by atomic mass is 9.75. The fraction of sp³-hybridized carbons (Fsp3) is 0.667. The van der Waals surface area contributed by atoms with Crippen LogP contribution in [0.4, 0.5) is 0 Å². The van der Waals surface area contributed by atoms with Gasteiger partial charge in [-0.1, -0.05) is 24.3 Å². The maximum absolute atomic E-state index is 12.6. The van der Waals surface area contributed by atoms with E-state index < -0.39 is 0 Å². The third-order valence-electron chi connectivity index (χ3n) is 6.14. The Hall–Kier alpha value is -0.850. The van der Waals surface area contributed by atoms with E-state index in [-0.39, 0.29) is 0 Å². The van der Waals surface area contributed by atoms with Crippen LogP contribution in [0.25, 0.3) is 0 Å². The van der Waals surface area contributed by atoms with Crippen LogP contribution >= 0.6 is 0 Å². The Labute approximate surface area is 95.6 Å². The molecule has 0 spiro atoms. The molecule has 5 aliphatic carbocycles. The van der Waals surface area contributed by atoms with E-state index in [4.69, 9.17) is 0 Å². The molecule has 0 aromatic heterocycles. The van der Waals surface area contributed by atoms with Crippen LogP contribution in [0, 0.1) is 47.3 Å². The standard InChI is InChI=1S/C15H16O/c16-15-13-9-3-1-7(5-9)11(13)12-8-2-4-10(6-8)14(12)15/h1-4,7-14H,5-6H2/t7-,8-,9-,10-,11-,12-,13-,14+/m0/s1. The van der Waals surface area contributed by atoms with Gasteiger partial charge in [0.25, 0.3) is 0 Å². The van der Waals surface area contributed by atoms with E-state index in [0.717, 1.165) is 23.7 Å². The van der Waals surface area contributed by atoms with E-state index in [2.05, 4.69) is 24.3 Å². The van der Waals surface area contributed by atoms with Crippen LogP contribution in [0.2, 0.25) is 0 Å². The molecule has 5 aliphatic rings. The van der Waals surface area contributed by atoms with E-state index >= 15 is 0 Å². The zero-order valence-corrected chi connectivity index (χ0v) is 9.25. The third kappa shape index (κ3) is 0.687. The van der Waals surface area contributed by atoms with Gasteiger partial charge in [0.15, 0.2) is 0 Å². The smallest absolute Gasteiger partial charge is 0.140 e. The Balaban J connectivity index is 1.67. The van der Waals surface area contributed by atoms with Crippen molar-refractivity contribution in [3.8, 4) is 0 Å². The lowest BCUT2D eigenvalue weighted by Crippen LogP contribution is -2.24. The molecule has 0 saturated heterocycles. The second-order valence-electron chi connectivity index (χ2n) is 6.51. The van der Waals surface area contributed by atoms with Gasteiger partial charge in [0.2, 0.25) is 0 Å². The van der Waals surface area contributed by atoms with Crippen molar-refractivity contribution in [1.29, 1.82) is 0 Å². The topological polar surface area (TPSA) is 17.1 Å². The van der Waals surface area contributed by atoms with Crippen LogP contribution in [0.15, 0.2) is 24.3 Å². The van der Waals surface area contributed by atoms with Crippen LogP contribution in [0.5, 0.6) is 0 Å². The summed E-state index contributed by atoms with van der Waals surface area (Å²) in [5.41, 5.74) is 0. The predicted molar refractivity (Wildman–Crippen MR) is 60.4 cm³/mol. The van der Waals surface area contributed by atoms with Gasteiger partial charge >= 0.3 is 0 Å². The minimum absolute atomic E-state index is 0.426. The largest absolute Gasteiger partial charge is 0.299 e. The zero-order chi connectivity index (χ0) is 10.4. The van der Waals surface area contributed by atoms with Gasteiger partial charge in [0.1, 0.15) is 5.78 Å². The van der Waals surface area contributed by atoms with Gasteiger partial charge in [-0.2, -0.15) is 0 Å². The van der Waals surface area contributed by atoms with Gasteiger partial charge in [-0.3, -0.25) is 4.79 Å². The van der Waals surface area contributed by atoms with Crippen LogP contribution in [-0.2, 0) is 4.79 Å². The van der Waals surface area contributed by atoms with Crippen molar-refractivity contribution in [2.75, 3.05) is 0 Å². The molecule has 0 N–H and O–H groups in total. The number of allylic oxidation sites excluding steroid dienone is 4. The lowest BCUT2D eigenvalue weighted by Gasteiger charge is -2.28. The average molecular weight is 212 g/mol. The van der Waals surface area contributed by atoms with E-state index in [1.165, 1.54) is 12.8 Å². The first kappa shape index (κ1) is 8.27. The van der Waals surface area contributed by atoms with Crippen molar-refractivity contribution >= 4 is 5.78 Å². The molecular formula is C15H16O. The Bertz CT molecular complexity index is 406. The molecule has 0 amide bonds. The highest BCUT2D eigenvalue weighted by Gasteiger charge is 2.65. The number of hydrogen-bond acceptors (Lipinski definition) is 1. The summed E-state index contributed by atoms with van der Waals surface area (Å²) in [4.78, 5) is 12.6. The maximum Gasteiger partial charge on any atom is 0.140 e. The molecule has 82 valence electrons. The first-order chi connectivity index (χ1) is 7.84. The summed E-state index contributed by atoms with van der Waals surface area (Å²) in [6.45, 7) is 0. The van der Waals surface area contributed by atoms with E-state index in [0.29, 0.717) is 29.5 Å². The van der Waals surface area contributed by atoms with E-state index in [9.17, 15) is 4.79 Å². The molecule has 16 heavy (non-hydrogen) atoms. The number of ketones is 1. The second-order valence-corrected chi connectivity index (χ2v) is 6.51. The van der Waals surface area contributed by atoms with Crippen LogP contribution < -0.4 is 0 Å². The number of rotatable bonds is 0. The minimum Gasteiger partial charge on any atom is -0.299 e. The van der Waals surface area contributed by atoms with Gasteiger partial charge in [0.05, 0.1) is 0 Å². The molecule has 3 fully saturated rings. The number of carbonyl (C=O) groups is 1. The van der Waals surface area contributed by atoms with E-state index in [1.54, 1.807) is 0 Å². The van der Waals surface area contributed by atoms with Gasteiger partial charge in [-0.25, -0.2) is 0 Å². The predicted octanol–water partition coefficient (Wildman–Crippen LogP) is 2.45. The highest BCUT2D eigenvalue weighted by Crippen LogP contribution is 2.66. The highest BCUT2D eigenvalue weighted by atomic mass is 16.1. The molecule has 0 unspecified atom stereocenters. The summed E-state index contributed by atoms with van der Waals surface area (Å²) in [6.07, 6.45) is 12.1. The first-order valence-electron chi connectivity index (χ1n) is 6.75. The van der Waals surface area contributed by atoms with Crippen molar-refractivity contribution in [2.24, 2.45) is 47.3 Å². The molecule has 0 heterocycles. The Morgan fingerprint density at radius 3 is 1.69 bits per heavy atom. The molecule has 0 aromatic rings. The fourth-order valence-corrected chi connectivity index (χ4v) is 5.79. The van der Waals surface area contributed by atoms with Crippen LogP contribution in [0.1, 0.15) is 12.8 Å².